The summed E-state index contributed by atoms with van der Waals surface area (Å²) in [5.41, 5.74) is 3.10. The Bertz CT molecular complexity index is 648. The molecule has 0 saturated carbocycles. The molecule has 0 aliphatic rings. The summed E-state index contributed by atoms with van der Waals surface area (Å²) >= 11 is 12.0. The van der Waals surface area contributed by atoms with E-state index in [4.69, 9.17) is 27.9 Å². The lowest BCUT2D eigenvalue weighted by Gasteiger charge is -2.23. The second-order valence-corrected chi connectivity index (χ2v) is 6.79. The Morgan fingerprint density at radius 3 is 2.48 bits per heavy atom. The van der Waals surface area contributed by atoms with E-state index in [9.17, 15) is 0 Å². The van der Waals surface area contributed by atoms with Crippen LogP contribution in [0, 0.1) is 6.92 Å². The van der Waals surface area contributed by atoms with Crippen molar-refractivity contribution in [3.05, 3.63) is 52.2 Å². The number of rotatable bonds is 3. The summed E-state index contributed by atoms with van der Waals surface area (Å²) in [4.78, 5) is 4.26. The standard InChI is InChI=1S/C17H19Cl2NO/c1-11-5-6-13(17(2,3)4)15(7-11)21-16-14(19)8-12(9-18)10-20-16/h5-8,10H,9H2,1-4H3. The van der Waals surface area contributed by atoms with E-state index in [0.29, 0.717) is 16.8 Å². The fourth-order valence-electron chi connectivity index (χ4n) is 2.05. The van der Waals surface area contributed by atoms with Gasteiger partial charge in [-0.3, -0.25) is 0 Å². The highest BCUT2D eigenvalue weighted by Crippen LogP contribution is 2.36. The minimum atomic E-state index is -0.0222. The van der Waals surface area contributed by atoms with Crippen LogP contribution in [0.15, 0.2) is 30.5 Å². The molecule has 0 N–H and O–H groups in total. The summed E-state index contributed by atoms with van der Waals surface area (Å²) in [6.45, 7) is 8.48. The number of ether oxygens (including phenoxy) is 1. The average Bonchev–Trinajstić information content (AvgIpc) is 2.39. The van der Waals surface area contributed by atoms with Gasteiger partial charge in [-0.25, -0.2) is 4.98 Å². The zero-order valence-corrected chi connectivity index (χ0v) is 14.2. The number of benzene rings is 1. The van der Waals surface area contributed by atoms with Gasteiger partial charge in [0.15, 0.2) is 0 Å². The molecule has 1 heterocycles. The van der Waals surface area contributed by atoms with Crippen LogP contribution in [0.3, 0.4) is 0 Å². The van der Waals surface area contributed by atoms with Crippen molar-refractivity contribution in [1.82, 2.24) is 4.98 Å². The average molecular weight is 324 g/mol. The highest BCUT2D eigenvalue weighted by atomic mass is 35.5. The first kappa shape index (κ1) is 16.1. The molecule has 1 aromatic carbocycles. The van der Waals surface area contributed by atoms with Gasteiger partial charge in [0.25, 0.3) is 0 Å². The summed E-state index contributed by atoms with van der Waals surface area (Å²) in [7, 11) is 0. The third-order valence-electron chi connectivity index (χ3n) is 3.17. The lowest BCUT2D eigenvalue weighted by molar-refractivity contribution is 0.439. The number of aryl methyl sites for hydroxylation is 1. The normalized spacial score (nSPS) is 11.5. The fraction of sp³-hybridized carbons (Fsp3) is 0.353. The maximum atomic E-state index is 6.22. The predicted molar refractivity (Wildman–Crippen MR) is 88.8 cm³/mol. The molecule has 0 bridgehead atoms. The molecule has 4 heteroatoms. The Morgan fingerprint density at radius 1 is 1.19 bits per heavy atom. The van der Waals surface area contributed by atoms with E-state index in [1.165, 1.54) is 0 Å². The van der Waals surface area contributed by atoms with Crippen molar-refractivity contribution < 1.29 is 4.74 Å². The third kappa shape index (κ3) is 3.90. The molecule has 0 atom stereocenters. The molecule has 0 spiro atoms. The smallest absolute Gasteiger partial charge is 0.238 e. The largest absolute Gasteiger partial charge is 0.437 e. The molecule has 2 rings (SSSR count). The van der Waals surface area contributed by atoms with Crippen LogP contribution >= 0.6 is 23.2 Å². The highest BCUT2D eigenvalue weighted by molar-refractivity contribution is 6.32. The Hall–Kier alpha value is -1.25. The zero-order chi connectivity index (χ0) is 15.6. The number of alkyl halides is 1. The molecule has 0 saturated heterocycles. The summed E-state index contributed by atoms with van der Waals surface area (Å²) in [5.74, 6) is 1.57. The zero-order valence-electron chi connectivity index (χ0n) is 12.7. The van der Waals surface area contributed by atoms with Gasteiger partial charge in [0.2, 0.25) is 5.88 Å². The van der Waals surface area contributed by atoms with Crippen LogP contribution in [0.1, 0.15) is 37.5 Å². The Kier molecular flexibility index (Phi) is 4.80. The summed E-state index contributed by atoms with van der Waals surface area (Å²) < 4.78 is 5.96. The second kappa shape index (κ2) is 6.25. The van der Waals surface area contributed by atoms with E-state index in [1.807, 2.05) is 13.0 Å². The molecule has 0 radical (unpaired) electrons. The van der Waals surface area contributed by atoms with Crippen LogP contribution in [0.2, 0.25) is 5.02 Å². The Labute approximate surface area is 136 Å². The molecule has 0 amide bonds. The number of nitrogens with zero attached hydrogens (tertiary/aromatic N) is 1. The van der Waals surface area contributed by atoms with Crippen molar-refractivity contribution in [2.24, 2.45) is 0 Å². The van der Waals surface area contributed by atoms with Crippen LogP contribution < -0.4 is 4.74 Å². The van der Waals surface area contributed by atoms with Gasteiger partial charge in [-0.2, -0.15) is 0 Å². The minimum absolute atomic E-state index is 0.0222. The van der Waals surface area contributed by atoms with Gasteiger partial charge in [0.1, 0.15) is 10.8 Å². The maximum Gasteiger partial charge on any atom is 0.238 e. The number of hydrogen-bond donors (Lipinski definition) is 0. The first-order valence-electron chi connectivity index (χ1n) is 6.80. The van der Waals surface area contributed by atoms with E-state index < -0.39 is 0 Å². The summed E-state index contributed by atoms with van der Waals surface area (Å²) in [5, 5.41) is 0.467. The van der Waals surface area contributed by atoms with Crippen LogP contribution in [0.25, 0.3) is 0 Å². The summed E-state index contributed by atoms with van der Waals surface area (Å²) in [6, 6.07) is 7.96. The molecule has 21 heavy (non-hydrogen) atoms. The lowest BCUT2D eigenvalue weighted by Crippen LogP contribution is -2.12. The van der Waals surface area contributed by atoms with Gasteiger partial charge >= 0.3 is 0 Å². The molecule has 0 aliphatic carbocycles. The molecular weight excluding hydrogens is 305 g/mol. The first-order chi connectivity index (χ1) is 9.81. The number of aromatic nitrogens is 1. The quantitative estimate of drug-likeness (QED) is 0.659. The molecule has 2 aromatic rings. The molecule has 0 fully saturated rings. The van der Waals surface area contributed by atoms with Crippen molar-refractivity contribution in [3.8, 4) is 11.6 Å². The molecule has 1 aromatic heterocycles. The third-order valence-corrected chi connectivity index (χ3v) is 3.75. The lowest BCUT2D eigenvalue weighted by atomic mass is 9.86. The van der Waals surface area contributed by atoms with E-state index in [2.05, 4.69) is 37.9 Å². The van der Waals surface area contributed by atoms with E-state index in [-0.39, 0.29) is 5.41 Å². The second-order valence-electron chi connectivity index (χ2n) is 6.12. The monoisotopic (exact) mass is 323 g/mol. The SMILES string of the molecule is Cc1ccc(C(C)(C)C)c(Oc2ncc(CCl)cc2Cl)c1. The molecular formula is C17H19Cl2NO. The van der Waals surface area contributed by atoms with Gasteiger partial charge < -0.3 is 4.74 Å². The van der Waals surface area contributed by atoms with E-state index in [1.54, 1.807) is 12.3 Å². The van der Waals surface area contributed by atoms with Crippen molar-refractivity contribution in [2.45, 2.75) is 39.0 Å². The maximum absolute atomic E-state index is 6.22. The van der Waals surface area contributed by atoms with Crippen LogP contribution in [0.4, 0.5) is 0 Å². The minimum Gasteiger partial charge on any atom is -0.437 e. The van der Waals surface area contributed by atoms with Crippen LogP contribution in [-0.4, -0.2) is 4.98 Å². The highest BCUT2D eigenvalue weighted by Gasteiger charge is 2.20. The number of pyridine rings is 1. The van der Waals surface area contributed by atoms with Crippen molar-refractivity contribution in [2.75, 3.05) is 0 Å². The van der Waals surface area contributed by atoms with Gasteiger partial charge in [0, 0.05) is 17.6 Å². The van der Waals surface area contributed by atoms with Crippen molar-refractivity contribution >= 4 is 23.2 Å². The van der Waals surface area contributed by atoms with Crippen molar-refractivity contribution in [1.29, 1.82) is 0 Å². The van der Waals surface area contributed by atoms with Gasteiger partial charge in [-0.1, -0.05) is 44.5 Å². The molecule has 0 unspecified atom stereocenters. The van der Waals surface area contributed by atoms with Crippen LogP contribution in [-0.2, 0) is 11.3 Å². The van der Waals surface area contributed by atoms with Crippen molar-refractivity contribution in [3.63, 3.8) is 0 Å². The van der Waals surface area contributed by atoms with Gasteiger partial charge in [-0.05, 0) is 35.6 Å². The number of hydrogen-bond acceptors (Lipinski definition) is 2. The molecule has 2 nitrogen and oxygen atoms in total. The number of halogens is 2. The Morgan fingerprint density at radius 2 is 1.90 bits per heavy atom. The summed E-state index contributed by atoms with van der Waals surface area (Å²) in [6.07, 6.45) is 1.68. The Balaban J connectivity index is 2.41. The van der Waals surface area contributed by atoms with Gasteiger partial charge in [0.05, 0.1) is 0 Å². The van der Waals surface area contributed by atoms with E-state index >= 15 is 0 Å². The molecule has 0 aliphatic heterocycles. The van der Waals surface area contributed by atoms with E-state index in [0.717, 1.165) is 22.4 Å². The molecule has 112 valence electrons. The predicted octanol–water partition coefficient (Wildman–Crippen LogP) is 5.87. The van der Waals surface area contributed by atoms with Gasteiger partial charge in [-0.15, -0.1) is 11.6 Å². The first-order valence-corrected chi connectivity index (χ1v) is 7.72. The van der Waals surface area contributed by atoms with Crippen LogP contribution in [0.5, 0.6) is 11.6 Å². The fourth-order valence-corrected chi connectivity index (χ4v) is 2.42. The topological polar surface area (TPSA) is 22.1 Å².